The van der Waals surface area contributed by atoms with Crippen LogP contribution in [-0.4, -0.2) is 24.1 Å². The first-order chi connectivity index (χ1) is 13.6. The van der Waals surface area contributed by atoms with Crippen molar-refractivity contribution < 1.29 is 13.2 Å². The first kappa shape index (κ1) is 21.3. The largest absolute Gasteiger partial charge is 0.326 e. The molecule has 0 aliphatic carbocycles. The summed E-state index contributed by atoms with van der Waals surface area (Å²) in [5.41, 5.74) is 1.60. The van der Waals surface area contributed by atoms with Crippen LogP contribution in [0.3, 0.4) is 0 Å². The Balaban J connectivity index is 2.02. The molecule has 1 amide bonds. The molecule has 0 aliphatic rings. The van der Waals surface area contributed by atoms with Crippen molar-refractivity contribution in [1.29, 1.82) is 0 Å². The molecule has 1 heterocycles. The van der Waals surface area contributed by atoms with Crippen LogP contribution in [0.4, 0.5) is 5.69 Å². The predicted molar refractivity (Wildman–Crippen MR) is 114 cm³/mol. The maximum Gasteiger partial charge on any atom is 0.238 e. The number of primary sulfonamides is 1. The lowest BCUT2D eigenvalue weighted by atomic mass is 10.1. The summed E-state index contributed by atoms with van der Waals surface area (Å²) in [6.45, 7) is 6.10. The molecule has 0 fully saturated rings. The van der Waals surface area contributed by atoms with Gasteiger partial charge in [-0.1, -0.05) is 43.6 Å². The van der Waals surface area contributed by atoms with Crippen LogP contribution in [0, 0.1) is 5.92 Å². The van der Waals surface area contributed by atoms with E-state index in [1.54, 1.807) is 35.0 Å². The molecule has 0 spiro atoms. The van der Waals surface area contributed by atoms with E-state index in [4.69, 9.17) is 16.7 Å². The third-order valence-corrected chi connectivity index (χ3v) is 6.25. The number of nitrogens with zero attached hydrogens (tertiary/aromatic N) is 2. The second-order valence-electron chi connectivity index (χ2n) is 7.34. The van der Waals surface area contributed by atoms with Crippen molar-refractivity contribution in [1.82, 2.24) is 9.78 Å². The Labute approximate surface area is 174 Å². The van der Waals surface area contributed by atoms with Gasteiger partial charge in [0.1, 0.15) is 0 Å². The van der Waals surface area contributed by atoms with Gasteiger partial charge in [-0.05, 0) is 36.6 Å². The second-order valence-corrected chi connectivity index (χ2v) is 9.28. The predicted octanol–water partition coefficient (Wildman–Crippen LogP) is 3.74. The molecule has 3 aromatic rings. The zero-order valence-electron chi connectivity index (χ0n) is 16.4. The van der Waals surface area contributed by atoms with E-state index < -0.39 is 10.0 Å². The van der Waals surface area contributed by atoms with Crippen LogP contribution in [0.2, 0.25) is 5.02 Å². The van der Waals surface area contributed by atoms with Gasteiger partial charge in [-0.25, -0.2) is 13.6 Å². The van der Waals surface area contributed by atoms with Gasteiger partial charge < -0.3 is 5.32 Å². The number of aromatic nitrogens is 2. The molecule has 1 atom stereocenters. The second kappa shape index (κ2) is 8.14. The first-order valence-corrected chi connectivity index (χ1v) is 11.1. The average Bonchev–Trinajstić information content (AvgIpc) is 3.05. The van der Waals surface area contributed by atoms with Crippen molar-refractivity contribution in [2.24, 2.45) is 11.1 Å². The van der Waals surface area contributed by atoms with E-state index in [1.807, 2.05) is 20.8 Å². The molecule has 0 aliphatic heterocycles. The fourth-order valence-corrected chi connectivity index (χ4v) is 4.01. The summed E-state index contributed by atoms with van der Waals surface area (Å²) >= 11 is 6.12. The average molecular weight is 435 g/mol. The number of nitrogens with one attached hydrogen (secondary N) is 1. The van der Waals surface area contributed by atoms with E-state index >= 15 is 0 Å². The Kier molecular flexibility index (Phi) is 5.97. The highest BCUT2D eigenvalue weighted by molar-refractivity contribution is 7.89. The standard InChI is InChI=1S/C20H23ClN4O3S/c1-12(2)13(3)25-18-9-15(10-19(29(22,27)28)16(18)11-23-25)24-20(26)8-14-6-4-5-7-17(14)21/h4-7,9-13H,8H2,1-3H3,(H,24,26)(H2,22,27,28). The van der Waals surface area contributed by atoms with Gasteiger partial charge in [0.05, 0.1) is 29.1 Å². The van der Waals surface area contributed by atoms with Crippen LogP contribution in [0.5, 0.6) is 0 Å². The van der Waals surface area contributed by atoms with E-state index in [-0.39, 0.29) is 29.2 Å². The number of anilines is 1. The van der Waals surface area contributed by atoms with Gasteiger partial charge in [-0.3, -0.25) is 9.48 Å². The summed E-state index contributed by atoms with van der Waals surface area (Å²) in [4.78, 5) is 12.4. The normalized spacial score (nSPS) is 13.0. The number of sulfonamides is 1. The van der Waals surface area contributed by atoms with Gasteiger partial charge in [0.25, 0.3) is 0 Å². The Bertz CT molecular complexity index is 1170. The third kappa shape index (κ3) is 4.60. The zero-order valence-corrected chi connectivity index (χ0v) is 18.0. The summed E-state index contributed by atoms with van der Waals surface area (Å²) in [5, 5.41) is 13.4. The molecule has 154 valence electrons. The van der Waals surface area contributed by atoms with E-state index in [0.717, 1.165) is 0 Å². The van der Waals surface area contributed by atoms with Crippen molar-refractivity contribution >= 4 is 44.1 Å². The first-order valence-electron chi connectivity index (χ1n) is 9.15. The molecule has 0 saturated carbocycles. The molecule has 7 nitrogen and oxygen atoms in total. The van der Waals surface area contributed by atoms with E-state index in [0.29, 0.717) is 27.2 Å². The maximum atomic E-state index is 12.5. The lowest BCUT2D eigenvalue weighted by Crippen LogP contribution is -2.17. The summed E-state index contributed by atoms with van der Waals surface area (Å²) < 4.78 is 26.0. The van der Waals surface area contributed by atoms with Crippen molar-refractivity contribution in [2.75, 3.05) is 5.32 Å². The van der Waals surface area contributed by atoms with E-state index in [1.165, 1.54) is 12.3 Å². The summed E-state index contributed by atoms with van der Waals surface area (Å²) in [6, 6.07) is 10.1. The number of halogens is 1. The fourth-order valence-electron chi connectivity index (χ4n) is 3.05. The molecule has 0 bridgehead atoms. The zero-order chi connectivity index (χ0) is 21.3. The summed E-state index contributed by atoms with van der Waals surface area (Å²) in [7, 11) is -4.01. The van der Waals surface area contributed by atoms with Gasteiger partial charge in [0, 0.05) is 16.1 Å². The molecule has 3 rings (SSSR count). The van der Waals surface area contributed by atoms with Gasteiger partial charge in [0.2, 0.25) is 15.9 Å². The fraction of sp³-hybridized carbons (Fsp3) is 0.300. The Hall–Kier alpha value is -2.42. The minimum Gasteiger partial charge on any atom is -0.326 e. The smallest absolute Gasteiger partial charge is 0.238 e. The highest BCUT2D eigenvalue weighted by Gasteiger charge is 2.21. The lowest BCUT2D eigenvalue weighted by molar-refractivity contribution is -0.115. The highest BCUT2D eigenvalue weighted by Crippen LogP contribution is 2.30. The molecule has 1 aromatic heterocycles. The van der Waals surface area contributed by atoms with Crippen molar-refractivity contribution in [3.8, 4) is 0 Å². The number of carbonyl (C=O) groups excluding carboxylic acids is 1. The van der Waals surface area contributed by atoms with E-state index in [2.05, 4.69) is 10.4 Å². The lowest BCUT2D eigenvalue weighted by Gasteiger charge is -2.18. The van der Waals surface area contributed by atoms with Crippen LogP contribution < -0.4 is 10.5 Å². The molecular weight excluding hydrogens is 412 g/mol. The summed E-state index contributed by atoms with van der Waals surface area (Å²) in [5.74, 6) is -0.0460. The molecular formula is C20H23ClN4O3S. The highest BCUT2D eigenvalue weighted by atomic mass is 35.5. The number of nitrogens with two attached hydrogens (primary N) is 1. The minimum absolute atomic E-state index is 0.0231. The van der Waals surface area contributed by atoms with Crippen LogP contribution in [0.1, 0.15) is 32.4 Å². The number of benzene rings is 2. The van der Waals surface area contributed by atoms with Crippen LogP contribution >= 0.6 is 11.6 Å². The van der Waals surface area contributed by atoms with Crippen molar-refractivity contribution in [3.05, 3.63) is 53.2 Å². The van der Waals surface area contributed by atoms with Gasteiger partial charge in [0.15, 0.2) is 0 Å². The Morgan fingerprint density at radius 3 is 2.55 bits per heavy atom. The number of rotatable bonds is 6. The molecule has 1 unspecified atom stereocenters. The van der Waals surface area contributed by atoms with Gasteiger partial charge in [-0.2, -0.15) is 5.10 Å². The number of carbonyl (C=O) groups is 1. The van der Waals surface area contributed by atoms with Crippen LogP contribution in [0.25, 0.3) is 10.9 Å². The topological polar surface area (TPSA) is 107 Å². The van der Waals surface area contributed by atoms with Crippen molar-refractivity contribution in [2.45, 2.75) is 38.1 Å². The molecule has 0 saturated heterocycles. The monoisotopic (exact) mass is 434 g/mol. The molecule has 0 radical (unpaired) electrons. The quantitative estimate of drug-likeness (QED) is 0.616. The Morgan fingerprint density at radius 2 is 1.93 bits per heavy atom. The molecule has 9 heteroatoms. The number of hydrogen-bond acceptors (Lipinski definition) is 4. The molecule has 29 heavy (non-hydrogen) atoms. The maximum absolute atomic E-state index is 12.5. The van der Waals surface area contributed by atoms with Gasteiger partial charge in [-0.15, -0.1) is 0 Å². The summed E-state index contributed by atoms with van der Waals surface area (Å²) in [6.07, 6.45) is 1.55. The SMILES string of the molecule is CC(C)C(C)n1ncc2c(S(N)(=O)=O)cc(NC(=O)Cc3ccccc3Cl)cc21. The number of amides is 1. The van der Waals surface area contributed by atoms with Crippen LogP contribution in [0.15, 0.2) is 47.5 Å². The van der Waals surface area contributed by atoms with Gasteiger partial charge >= 0.3 is 0 Å². The molecule has 2 aromatic carbocycles. The van der Waals surface area contributed by atoms with E-state index in [9.17, 15) is 13.2 Å². The van der Waals surface area contributed by atoms with Crippen LogP contribution in [-0.2, 0) is 21.2 Å². The number of hydrogen-bond donors (Lipinski definition) is 2. The number of fused-ring (bicyclic) bond motifs is 1. The van der Waals surface area contributed by atoms with Crippen molar-refractivity contribution in [3.63, 3.8) is 0 Å². The third-order valence-electron chi connectivity index (χ3n) is 4.93. The molecule has 3 N–H and O–H groups in total. The minimum atomic E-state index is -4.01. The Morgan fingerprint density at radius 1 is 1.24 bits per heavy atom.